The van der Waals surface area contributed by atoms with Crippen molar-refractivity contribution in [1.29, 1.82) is 0 Å². The highest BCUT2D eigenvalue weighted by molar-refractivity contribution is 7.19. The normalized spacial score (nSPS) is 10.8. The summed E-state index contributed by atoms with van der Waals surface area (Å²) in [5.41, 5.74) is 2.77. The fourth-order valence-corrected chi connectivity index (χ4v) is 3.18. The van der Waals surface area contributed by atoms with Crippen molar-refractivity contribution in [3.05, 3.63) is 59.5 Å². The third kappa shape index (κ3) is 2.97. The summed E-state index contributed by atoms with van der Waals surface area (Å²) >= 11 is 1.64. The lowest BCUT2D eigenvalue weighted by atomic mass is 10.2. The van der Waals surface area contributed by atoms with Crippen LogP contribution in [0.25, 0.3) is 10.6 Å². The number of hydrogen-bond donors (Lipinski definition) is 1. The number of nitrogens with zero attached hydrogens (tertiary/aromatic N) is 2. The summed E-state index contributed by atoms with van der Waals surface area (Å²) in [6, 6.07) is 13.0. The highest BCUT2D eigenvalue weighted by Gasteiger charge is 2.08. The highest BCUT2D eigenvalue weighted by atomic mass is 32.1. The molecule has 2 heterocycles. The van der Waals surface area contributed by atoms with Crippen LogP contribution in [0.15, 0.2) is 42.5 Å². The Morgan fingerprint density at radius 2 is 2.05 bits per heavy atom. The molecule has 0 bridgehead atoms. The summed E-state index contributed by atoms with van der Waals surface area (Å²) in [6.45, 7) is 2.46. The molecule has 0 aliphatic carbocycles. The van der Waals surface area contributed by atoms with Gasteiger partial charge >= 0.3 is 0 Å². The van der Waals surface area contributed by atoms with Gasteiger partial charge in [0.05, 0.1) is 21.3 Å². The molecule has 5 heteroatoms. The molecule has 3 nitrogen and oxygen atoms in total. The van der Waals surface area contributed by atoms with Crippen molar-refractivity contribution in [3.8, 4) is 10.6 Å². The smallest absolute Gasteiger partial charge is 0.128 e. The summed E-state index contributed by atoms with van der Waals surface area (Å²) in [7, 11) is 1.94. The van der Waals surface area contributed by atoms with Crippen molar-refractivity contribution >= 4 is 16.3 Å². The number of thiophene rings is 1. The molecular weight excluding hydrogens is 285 g/mol. The number of hydrogen-bond acceptors (Lipinski definition) is 3. The predicted molar refractivity (Wildman–Crippen MR) is 85.0 cm³/mol. The molecule has 3 aromatic rings. The van der Waals surface area contributed by atoms with Gasteiger partial charge in [-0.05, 0) is 31.2 Å². The first-order valence-corrected chi connectivity index (χ1v) is 7.53. The lowest BCUT2D eigenvalue weighted by molar-refractivity contribution is 0.613. The zero-order valence-electron chi connectivity index (χ0n) is 11.9. The van der Waals surface area contributed by atoms with Crippen LogP contribution in [0.3, 0.4) is 0 Å². The maximum atomic E-state index is 13.6. The SMILES string of the molecule is Cc1cc(-c2ccc(NCc3ccccc3F)s2)n(C)n1. The van der Waals surface area contributed by atoms with E-state index in [4.69, 9.17) is 0 Å². The lowest BCUT2D eigenvalue weighted by Crippen LogP contribution is -1.99. The fraction of sp³-hybridized carbons (Fsp3) is 0.188. The van der Waals surface area contributed by atoms with Crippen LogP contribution in [0.2, 0.25) is 0 Å². The topological polar surface area (TPSA) is 29.9 Å². The Morgan fingerprint density at radius 3 is 2.76 bits per heavy atom. The van der Waals surface area contributed by atoms with E-state index in [1.807, 2.05) is 30.8 Å². The van der Waals surface area contributed by atoms with Gasteiger partial charge in [0.15, 0.2) is 0 Å². The average molecular weight is 301 g/mol. The van der Waals surface area contributed by atoms with E-state index in [0.717, 1.165) is 21.3 Å². The summed E-state index contributed by atoms with van der Waals surface area (Å²) < 4.78 is 15.4. The third-order valence-corrected chi connectivity index (χ3v) is 4.34. The van der Waals surface area contributed by atoms with E-state index in [-0.39, 0.29) is 5.82 Å². The van der Waals surface area contributed by atoms with E-state index in [9.17, 15) is 4.39 Å². The van der Waals surface area contributed by atoms with Crippen molar-refractivity contribution in [2.24, 2.45) is 7.05 Å². The first-order valence-electron chi connectivity index (χ1n) is 6.71. The fourth-order valence-electron chi connectivity index (χ4n) is 2.24. The quantitative estimate of drug-likeness (QED) is 0.782. The number of aryl methyl sites for hydroxylation is 2. The number of benzene rings is 1. The van der Waals surface area contributed by atoms with Crippen LogP contribution in [0, 0.1) is 12.7 Å². The monoisotopic (exact) mass is 301 g/mol. The minimum Gasteiger partial charge on any atom is -0.373 e. The van der Waals surface area contributed by atoms with Gasteiger partial charge in [-0.2, -0.15) is 5.10 Å². The van der Waals surface area contributed by atoms with Gasteiger partial charge in [0.1, 0.15) is 5.82 Å². The first kappa shape index (κ1) is 13.8. The molecule has 1 aromatic carbocycles. The number of nitrogens with one attached hydrogen (secondary N) is 1. The van der Waals surface area contributed by atoms with Gasteiger partial charge in [0.2, 0.25) is 0 Å². The first-order chi connectivity index (χ1) is 10.1. The van der Waals surface area contributed by atoms with E-state index >= 15 is 0 Å². The van der Waals surface area contributed by atoms with Gasteiger partial charge in [0, 0.05) is 19.2 Å². The highest BCUT2D eigenvalue weighted by Crippen LogP contribution is 2.31. The Labute approximate surface area is 127 Å². The Bertz CT molecular complexity index is 760. The molecule has 0 aliphatic heterocycles. The molecule has 0 aliphatic rings. The van der Waals surface area contributed by atoms with Gasteiger partial charge in [-0.3, -0.25) is 4.68 Å². The summed E-state index contributed by atoms with van der Waals surface area (Å²) in [5.74, 6) is -0.177. The molecule has 3 rings (SSSR count). The Balaban J connectivity index is 1.74. The van der Waals surface area contributed by atoms with Gasteiger partial charge in [-0.1, -0.05) is 18.2 Å². The Morgan fingerprint density at radius 1 is 1.24 bits per heavy atom. The van der Waals surface area contributed by atoms with Gasteiger partial charge in [-0.15, -0.1) is 11.3 Å². The number of aromatic nitrogens is 2. The van der Waals surface area contributed by atoms with Crippen LogP contribution in [0.1, 0.15) is 11.3 Å². The van der Waals surface area contributed by atoms with Gasteiger partial charge in [0.25, 0.3) is 0 Å². The van der Waals surface area contributed by atoms with E-state index < -0.39 is 0 Å². The van der Waals surface area contributed by atoms with Crippen molar-refractivity contribution < 1.29 is 4.39 Å². The molecule has 0 spiro atoms. The van der Waals surface area contributed by atoms with Crippen LogP contribution >= 0.6 is 11.3 Å². The van der Waals surface area contributed by atoms with Crippen LogP contribution in [0.4, 0.5) is 9.39 Å². The second kappa shape index (κ2) is 5.69. The maximum absolute atomic E-state index is 13.6. The van der Waals surface area contributed by atoms with E-state index in [1.54, 1.807) is 23.5 Å². The second-order valence-electron chi connectivity index (χ2n) is 4.90. The number of anilines is 1. The van der Waals surface area contributed by atoms with E-state index in [2.05, 4.69) is 22.5 Å². The Kier molecular flexibility index (Phi) is 3.75. The molecule has 21 heavy (non-hydrogen) atoms. The van der Waals surface area contributed by atoms with Crippen molar-refractivity contribution in [2.45, 2.75) is 13.5 Å². The molecule has 0 saturated carbocycles. The Hall–Kier alpha value is -2.14. The zero-order chi connectivity index (χ0) is 14.8. The molecule has 0 saturated heterocycles. The molecule has 0 unspecified atom stereocenters. The molecule has 0 atom stereocenters. The van der Waals surface area contributed by atoms with E-state index in [1.165, 1.54) is 6.07 Å². The standard InChI is InChI=1S/C16H16FN3S/c1-11-9-14(20(2)19-11)15-7-8-16(21-15)18-10-12-5-3-4-6-13(12)17/h3-9,18H,10H2,1-2H3. The minimum absolute atomic E-state index is 0.177. The number of halogens is 1. The van der Waals surface area contributed by atoms with Gasteiger partial charge in [-0.25, -0.2) is 4.39 Å². The minimum atomic E-state index is -0.177. The summed E-state index contributed by atoms with van der Waals surface area (Å²) in [4.78, 5) is 1.15. The maximum Gasteiger partial charge on any atom is 0.128 e. The van der Waals surface area contributed by atoms with Crippen LogP contribution in [0.5, 0.6) is 0 Å². The molecule has 1 N–H and O–H groups in total. The molecular formula is C16H16FN3S. The van der Waals surface area contributed by atoms with Gasteiger partial charge < -0.3 is 5.32 Å². The summed E-state index contributed by atoms with van der Waals surface area (Å²) in [6.07, 6.45) is 0. The van der Waals surface area contributed by atoms with Crippen molar-refractivity contribution in [2.75, 3.05) is 5.32 Å². The zero-order valence-corrected chi connectivity index (χ0v) is 12.7. The predicted octanol–water partition coefficient (Wildman–Crippen LogP) is 4.21. The number of rotatable bonds is 4. The second-order valence-corrected chi connectivity index (χ2v) is 5.99. The largest absolute Gasteiger partial charge is 0.373 e. The van der Waals surface area contributed by atoms with E-state index in [0.29, 0.717) is 12.1 Å². The van der Waals surface area contributed by atoms with Crippen LogP contribution < -0.4 is 5.32 Å². The van der Waals surface area contributed by atoms with Crippen LogP contribution in [-0.4, -0.2) is 9.78 Å². The molecule has 0 radical (unpaired) electrons. The molecule has 0 fully saturated rings. The molecule has 108 valence electrons. The third-order valence-electron chi connectivity index (χ3n) is 3.27. The molecule has 2 aromatic heterocycles. The van der Waals surface area contributed by atoms with Crippen LogP contribution in [-0.2, 0) is 13.6 Å². The average Bonchev–Trinajstić information content (AvgIpc) is 3.04. The summed E-state index contributed by atoms with van der Waals surface area (Å²) in [5, 5.41) is 8.64. The van der Waals surface area contributed by atoms with Crippen molar-refractivity contribution in [3.63, 3.8) is 0 Å². The van der Waals surface area contributed by atoms with Crippen molar-refractivity contribution in [1.82, 2.24) is 9.78 Å². The molecule has 0 amide bonds. The lowest BCUT2D eigenvalue weighted by Gasteiger charge is -2.04.